The molecular formula is C23H32N4O2. The summed E-state index contributed by atoms with van der Waals surface area (Å²) in [5.41, 5.74) is 3.70. The van der Waals surface area contributed by atoms with E-state index in [4.69, 9.17) is 4.74 Å². The summed E-state index contributed by atoms with van der Waals surface area (Å²) in [5.74, 6) is -0.00175. The standard InChI is InChI=1S/C23H32N4O2/c1-5-27(6-2)20-11-7-18(8-12-20)22(28)26-19-9-13-21(14-10-19)29-23-24-16(3)15-17(4)25-23/h7-8,11-12,15,19,21H,5-6,9-10,13-14H2,1-4H3,(H,26,28). The van der Waals surface area contributed by atoms with E-state index in [-0.39, 0.29) is 18.1 Å². The Kier molecular flexibility index (Phi) is 7.07. The maximum Gasteiger partial charge on any atom is 0.317 e. The maximum atomic E-state index is 12.6. The number of nitrogens with one attached hydrogen (secondary N) is 1. The minimum absolute atomic E-state index is 0.00175. The van der Waals surface area contributed by atoms with Gasteiger partial charge in [0.15, 0.2) is 0 Å². The normalized spacial score (nSPS) is 18.9. The minimum atomic E-state index is -0.00175. The number of rotatable bonds is 7. The molecule has 1 heterocycles. The first-order valence-corrected chi connectivity index (χ1v) is 10.6. The van der Waals surface area contributed by atoms with Crippen molar-refractivity contribution in [2.75, 3.05) is 18.0 Å². The van der Waals surface area contributed by atoms with Crippen LogP contribution in [0.2, 0.25) is 0 Å². The van der Waals surface area contributed by atoms with Gasteiger partial charge in [0.25, 0.3) is 5.91 Å². The highest BCUT2D eigenvalue weighted by atomic mass is 16.5. The average molecular weight is 397 g/mol. The number of aromatic nitrogens is 2. The Balaban J connectivity index is 1.49. The zero-order valence-corrected chi connectivity index (χ0v) is 17.9. The van der Waals surface area contributed by atoms with Gasteiger partial charge in [0.2, 0.25) is 0 Å². The minimum Gasteiger partial charge on any atom is -0.460 e. The fraction of sp³-hybridized carbons (Fsp3) is 0.522. The van der Waals surface area contributed by atoms with E-state index >= 15 is 0 Å². The number of hydrogen-bond donors (Lipinski definition) is 1. The van der Waals surface area contributed by atoms with E-state index in [1.165, 1.54) is 0 Å². The first kappa shape index (κ1) is 21.1. The highest BCUT2D eigenvalue weighted by molar-refractivity contribution is 5.94. The van der Waals surface area contributed by atoms with Gasteiger partial charge < -0.3 is 15.0 Å². The summed E-state index contributed by atoms with van der Waals surface area (Å²) in [7, 11) is 0. The number of carbonyl (C=O) groups is 1. The average Bonchev–Trinajstić information content (AvgIpc) is 2.70. The van der Waals surface area contributed by atoms with E-state index in [1.54, 1.807) is 0 Å². The van der Waals surface area contributed by atoms with E-state index in [2.05, 4.69) is 34.0 Å². The summed E-state index contributed by atoms with van der Waals surface area (Å²) < 4.78 is 5.97. The van der Waals surface area contributed by atoms with Crippen LogP contribution in [0.4, 0.5) is 5.69 Å². The van der Waals surface area contributed by atoms with Crippen molar-refractivity contribution in [3.8, 4) is 6.01 Å². The monoisotopic (exact) mass is 396 g/mol. The van der Waals surface area contributed by atoms with Gasteiger partial charge in [-0.2, -0.15) is 0 Å². The summed E-state index contributed by atoms with van der Waals surface area (Å²) in [6, 6.07) is 10.5. The Morgan fingerprint density at radius 2 is 1.62 bits per heavy atom. The molecule has 0 atom stereocenters. The fourth-order valence-electron chi connectivity index (χ4n) is 3.90. The molecule has 3 rings (SSSR count). The summed E-state index contributed by atoms with van der Waals surface area (Å²) in [6.45, 7) is 10.1. The molecule has 6 heteroatoms. The van der Waals surface area contributed by atoms with Crippen LogP contribution in [0.15, 0.2) is 30.3 Å². The van der Waals surface area contributed by atoms with Crippen LogP contribution in [0.5, 0.6) is 6.01 Å². The van der Waals surface area contributed by atoms with Gasteiger partial charge in [-0.3, -0.25) is 4.79 Å². The van der Waals surface area contributed by atoms with Crippen molar-refractivity contribution in [3.05, 3.63) is 47.3 Å². The van der Waals surface area contributed by atoms with Gasteiger partial charge in [-0.05, 0) is 83.7 Å². The van der Waals surface area contributed by atoms with Crippen LogP contribution in [-0.4, -0.2) is 41.1 Å². The van der Waals surface area contributed by atoms with E-state index in [1.807, 2.05) is 44.2 Å². The lowest BCUT2D eigenvalue weighted by Gasteiger charge is -2.29. The third-order valence-corrected chi connectivity index (χ3v) is 5.50. The lowest BCUT2D eigenvalue weighted by atomic mass is 9.92. The van der Waals surface area contributed by atoms with Gasteiger partial charge in [-0.1, -0.05) is 0 Å². The molecule has 0 radical (unpaired) electrons. The van der Waals surface area contributed by atoms with Gasteiger partial charge in [0.05, 0.1) is 0 Å². The number of carbonyl (C=O) groups excluding carboxylic acids is 1. The van der Waals surface area contributed by atoms with Gasteiger partial charge in [-0.15, -0.1) is 0 Å². The summed E-state index contributed by atoms with van der Waals surface area (Å²) in [5, 5.41) is 3.18. The van der Waals surface area contributed by atoms with Crippen LogP contribution in [0.1, 0.15) is 61.3 Å². The number of aryl methyl sites for hydroxylation is 2. The molecule has 0 unspecified atom stereocenters. The molecule has 1 aromatic carbocycles. The summed E-state index contributed by atoms with van der Waals surface area (Å²) in [4.78, 5) is 23.6. The number of benzene rings is 1. The van der Waals surface area contributed by atoms with Crippen LogP contribution in [-0.2, 0) is 0 Å². The second-order valence-electron chi connectivity index (χ2n) is 7.72. The number of amides is 1. The summed E-state index contributed by atoms with van der Waals surface area (Å²) >= 11 is 0. The van der Waals surface area contributed by atoms with Crippen LogP contribution < -0.4 is 15.0 Å². The summed E-state index contributed by atoms with van der Waals surface area (Å²) in [6.07, 6.45) is 3.69. The SMILES string of the molecule is CCN(CC)c1ccc(C(=O)NC2CCC(Oc3nc(C)cc(C)n3)CC2)cc1. The van der Waals surface area contributed by atoms with Crippen molar-refractivity contribution in [2.24, 2.45) is 0 Å². The zero-order valence-electron chi connectivity index (χ0n) is 17.9. The Bertz CT molecular complexity index is 790. The van der Waals surface area contributed by atoms with Crippen molar-refractivity contribution in [1.82, 2.24) is 15.3 Å². The molecule has 0 saturated heterocycles. The van der Waals surface area contributed by atoms with E-state index in [0.717, 1.165) is 55.8 Å². The Hall–Kier alpha value is -2.63. The molecule has 6 nitrogen and oxygen atoms in total. The maximum absolute atomic E-state index is 12.6. The predicted molar refractivity (Wildman–Crippen MR) is 116 cm³/mol. The highest BCUT2D eigenvalue weighted by Gasteiger charge is 2.24. The molecule has 1 amide bonds. The molecule has 1 fully saturated rings. The lowest BCUT2D eigenvalue weighted by Crippen LogP contribution is -2.39. The smallest absolute Gasteiger partial charge is 0.317 e. The number of hydrogen-bond acceptors (Lipinski definition) is 5. The van der Waals surface area contributed by atoms with Crippen LogP contribution in [0, 0.1) is 13.8 Å². The molecule has 0 aliphatic heterocycles. The first-order valence-electron chi connectivity index (χ1n) is 10.6. The van der Waals surface area contributed by atoms with Crippen molar-refractivity contribution in [3.63, 3.8) is 0 Å². The molecule has 1 N–H and O–H groups in total. The van der Waals surface area contributed by atoms with Crippen LogP contribution >= 0.6 is 0 Å². The second-order valence-corrected chi connectivity index (χ2v) is 7.72. The van der Waals surface area contributed by atoms with Crippen molar-refractivity contribution < 1.29 is 9.53 Å². The molecule has 2 aromatic rings. The molecule has 1 saturated carbocycles. The van der Waals surface area contributed by atoms with Crippen LogP contribution in [0.25, 0.3) is 0 Å². The Morgan fingerprint density at radius 3 is 2.17 bits per heavy atom. The number of ether oxygens (including phenoxy) is 1. The molecule has 0 bridgehead atoms. The third kappa shape index (κ3) is 5.68. The van der Waals surface area contributed by atoms with E-state index in [9.17, 15) is 4.79 Å². The molecule has 156 valence electrons. The third-order valence-electron chi connectivity index (χ3n) is 5.50. The van der Waals surface area contributed by atoms with Crippen LogP contribution in [0.3, 0.4) is 0 Å². The van der Waals surface area contributed by atoms with Gasteiger partial charge >= 0.3 is 6.01 Å². The quantitative estimate of drug-likeness (QED) is 0.764. The highest BCUT2D eigenvalue weighted by Crippen LogP contribution is 2.23. The van der Waals surface area contributed by atoms with Gasteiger partial charge in [0.1, 0.15) is 6.10 Å². The largest absolute Gasteiger partial charge is 0.460 e. The fourth-order valence-corrected chi connectivity index (χ4v) is 3.90. The molecular weight excluding hydrogens is 364 g/mol. The van der Waals surface area contributed by atoms with E-state index < -0.39 is 0 Å². The molecule has 1 aromatic heterocycles. The Labute approximate surface area is 173 Å². The Morgan fingerprint density at radius 1 is 1.03 bits per heavy atom. The van der Waals surface area contributed by atoms with E-state index in [0.29, 0.717) is 11.6 Å². The molecule has 1 aliphatic carbocycles. The second kappa shape index (κ2) is 9.72. The first-order chi connectivity index (χ1) is 14.0. The van der Waals surface area contributed by atoms with Crippen molar-refractivity contribution in [1.29, 1.82) is 0 Å². The van der Waals surface area contributed by atoms with Gasteiger partial charge in [0, 0.05) is 41.8 Å². The van der Waals surface area contributed by atoms with Crippen molar-refractivity contribution in [2.45, 2.75) is 65.5 Å². The zero-order chi connectivity index (χ0) is 20.8. The lowest BCUT2D eigenvalue weighted by molar-refractivity contribution is 0.0884. The number of nitrogens with zero attached hydrogens (tertiary/aromatic N) is 3. The predicted octanol–water partition coefficient (Wildman–Crippen LogP) is 4.06. The molecule has 1 aliphatic rings. The topological polar surface area (TPSA) is 67.4 Å². The van der Waals surface area contributed by atoms with Gasteiger partial charge in [-0.25, -0.2) is 9.97 Å². The molecule has 0 spiro atoms. The molecule has 29 heavy (non-hydrogen) atoms. The van der Waals surface area contributed by atoms with Crippen molar-refractivity contribution >= 4 is 11.6 Å². The number of anilines is 1.